The summed E-state index contributed by atoms with van der Waals surface area (Å²) in [7, 11) is 1.61. The van der Waals surface area contributed by atoms with Crippen LogP contribution in [-0.4, -0.2) is 13.7 Å². The Morgan fingerprint density at radius 3 is 2.43 bits per heavy atom. The molecule has 0 saturated heterocycles. The molecule has 0 fully saturated rings. The predicted octanol–water partition coefficient (Wildman–Crippen LogP) is 3.87. The molecule has 0 amide bonds. The van der Waals surface area contributed by atoms with Crippen LogP contribution in [0.4, 0.5) is 8.78 Å². The number of halogens is 2. The van der Waals surface area contributed by atoms with Crippen molar-refractivity contribution in [3.8, 4) is 5.75 Å². The lowest BCUT2D eigenvalue weighted by Gasteiger charge is -2.19. The molecule has 2 rings (SSSR count). The van der Waals surface area contributed by atoms with E-state index in [1.165, 1.54) is 12.1 Å². The van der Waals surface area contributed by atoms with Gasteiger partial charge in [-0.15, -0.1) is 0 Å². The molecule has 0 heterocycles. The van der Waals surface area contributed by atoms with Crippen molar-refractivity contribution >= 4 is 0 Å². The van der Waals surface area contributed by atoms with Crippen LogP contribution in [0.25, 0.3) is 0 Å². The number of hydrogen-bond donors (Lipinski definition) is 1. The molecule has 21 heavy (non-hydrogen) atoms. The molecule has 0 aliphatic heterocycles. The standard InChI is InChI=1S/C17H19F2NO/c1-3-20-17(15-11-13(18)6-9-16(15)19)10-12-4-7-14(21-2)8-5-12/h4-9,11,17,20H,3,10H2,1-2H3. The van der Waals surface area contributed by atoms with E-state index >= 15 is 0 Å². The van der Waals surface area contributed by atoms with Crippen LogP contribution in [0.1, 0.15) is 24.1 Å². The van der Waals surface area contributed by atoms with E-state index in [2.05, 4.69) is 5.32 Å². The monoisotopic (exact) mass is 291 g/mol. The van der Waals surface area contributed by atoms with Crippen molar-refractivity contribution in [1.29, 1.82) is 0 Å². The van der Waals surface area contributed by atoms with Crippen LogP contribution in [0.2, 0.25) is 0 Å². The van der Waals surface area contributed by atoms with Gasteiger partial charge in [-0.05, 0) is 48.9 Å². The zero-order valence-corrected chi connectivity index (χ0v) is 12.2. The normalized spacial score (nSPS) is 12.2. The zero-order chi connectivity index (χ0) is 15.2. The number of ether oxygens (including phenoxy) is 1. The van der Waals surface area contributed by atoms with Crippen LogP contribution in [0.5, 0.6) is 5.75 Å². The number of benzene rings is 2. The van der Waals surface area contributed by atoms with E-state index in [9.17, 15) is 8.78 Å². The maximum atomic E-state index is 13.9. The second kappa shape index (κ2) is 7.18. The summed E-state index contributed by atoms with van der Waals surface area (Å²) >= 11 is 0. The van der Waals surface area contributed by atoms with Gasteiger partial charge in [0.15, 0.2) is 0 Å². The van der Waals surface area contributed by atoms with Crippen LogP contribution in [0, 0.1) is 11.6 Å². The molecule has 0 aliphatic rings. The third kappa shape index (κ3) is 4.02. The zero-order valence-electron chi connectivity index (χ0n) is 12.2. The fourth-order valence-corrected chi connectivity index (χ4v) is 2.32. The van der Waals surface area contributed by atoms with Gasteiger partial charge < -0.3 is 10.1 Å². The van der Waals surface area contributed by atoms with E-state index in [-0.39, 0.29) is 6.04 Å². The summed E-state index contributed by atoms with van der Waals surface area (Å²) in [6.45, 7) is 2.62. The third-order valence-electron chi connectivity index (χ3n) is 3.38. The lowest BCUT2D eigenvalue weighted by atomic mass is 9.98. The highest BCUT2D eigenvalue weighted by Crippen LogP contribution is 2.23. The minimum atomic E-state index is -0.427. The first-order chi connectivity index (χ1) is 10.1. The maximum Gasteiger partial charge on any atom is 0.128 e. The van der Waals surface area contributed by atoms with Gasteiger partial charge in [0.05, 0.1) is 7.11 Å². The first-order valence-electron chi connectivity index (χ1n) is 6.95. The molecule has 1 N–H and O–H groups in total. The Bertz CT molecular complexity index is 584. The van der Waals surface area contributed by atoms with Gasteiger partial charge >= 0.3 is 0 Å². The smallest absolute Gasteiger partial charge is 0.128 e. The average Bonchev–Trinajstić information content (AvgIpc) is 2.50. The number of likely N-dealkylation sites (N-methyl/N-ethyl adjacent to an activating group) is 1. The summed E-state index contributed by atoms with van der Waals surface area (Å²) < 4.78 is 32.4. The number of rotatable bonds is 6. The number of nitrogens with one attached hydrogen (secondary N) is 1. The lowest BCUT2D eigenvalue weighted by Crippen LogP contribution is -2.24. The van der Waals surface area contributed by atoms with Crippen molar-refractivity contribution in [3.05, 3.63) is 65.2 Å². The van der Waals surface area contributed by atoms with Crippen molar-refractivity contribution in [2.24, 2.45) is 0 Å². The Morgan fingerprint density at radius 1 is 1.10 bits per heavy atom. The largest absolute Gasteiger partial charge is 0.497 e. The molecule has 0 aliphatic carbocycles. The van der Waals surface area contributed by atoms with Gasteiger partial charge in [0.1, 0.15) is 17.4 Å². The second-order valence-corrected chi connectivity index (χ2v) is 4.83. The molecule has 0 radical (unpaired) electrons. The van der Waals surface area contributed by atoms with Crippen LogP contribution in [-0.2, 0) is 6.42 Å². The van der Waals surface area contributed by atoms with Gasteiger partial charge in [-0.3, -0.25) is 0 Å². The summed E-state index contributed by atoms with van der Waals surface area (Å²) in [6, 6.07) is 10.9. The van der Waals surface area contributed by atoms with Crippen molar-refractivity contribution in [1.82, 2.24) is 5.32 Å². The molecule has 0 spiro atoms. The van der Waals surface area contributed by atoms with Crippen molar-refractivity contribution < 1.29 is 13.5 Å². The first-order valence-corrected chi connectivity index (χ1v) is 6.95. The Labute approximate surface area is 123 Å². The molecule has 1 atom stereocenters. The molecule has 2 nitrogen and oxygen atoms in total. The van der Waals surface area contributed by atoms with Gasteiger partial charge in [-0.25, -0.2) is 8.78 Å². The lowest BCUT2D eigenvalue weighted by molar-refractivity contribution is 0.414. The first kappa shape index (κ1) is 15.4. The van der Waals surface area contributed by atoms with E-state index in [4.69, 9.17) is 4.74 Å². The van der Waals surface area contributed by atoms with Crippen LogP contribution < -0.4 is 10.1 Å². The number of hydrogen-bond acceptors (Lipinski definition) is 2. The molecular weight excluding hydrogens is 272 g/mol. The molecule has 0 saturated carbocycles. The molecule has 1 unspecified atom stereocenters. The van der Waals surface area contributed by atoms with Crippen LogP contribution >= 0.6 is 0 Å². The van der Waals surface area contributed by atoms with Crippen molar-refractivity contribution in [3.63, 3.8) is 0 Å². The molecule has 2 aromatic carbocycles. The quantitative estimate of drug-likeness (QED) is 0.872. The maximum absolute atomic E-state index is 13.9. The average molecular weight is 291 g/mol. The highest BCUT2D eigenvalue weighted by atomic mass is 19.1. The summed E-state index contributed by atoms with van der Waals surface area (Å²) in [5, 5.41) is 3.21. The van der Waals surface area contributed by atoms with E-state index in [1.54, 1.807) is 7.11 Å². The van der Waals surface area contributed by atoms with Gasteiger partial charge in [-0.2, -0.15) is 0 Å². The molecule has 0 aromatic heterocycles. The SMILES string of the molecule is CCNC(Cc1ccc(OC)cc1)c1cc(F)ccc1F. The van der Waals surface area contributed by atoms with Gasteiger partial charge in [0, 0.05) is 11.6 Å². The predicted molar refractivity (Wildman–Crippen MR) is 79.5 cm³/mol. The molecule has 0 bridgehead atoms. The fourth-order valence-electron chi connectivity index (χ4n) is 2.32. The molecular formula is C17H19F2NO. The highest BCUT2D eigenvalue weighted by Gasteiger charge is 2.16. The van der Waals surface area contributed by atoms with Gasteiger partial charge in [-0.1, -0.05) is 19.1 Å². The fraction of sp³-hybridized carbons (Fsp3) is 0.294. The Balaban J connectivity index is 2.23. The van der Waals surface area contributed by atoms with E-state index in [0.717, 1.165) is 17.4 Å². The van der Waals surface area contributed by atoms with E-state index < -0.39 is 11.6 Å². The van der Waals surface area contributed by atoms with Gasteiger partial charge in [0.2, 0.25) is 0 Å². The summed E-state index contributed by atoms with van der Waals surface area (Å²) in [5.74, 6) is -0.0458. The van der Waals surface area contributed by atoms with Crippen molar-refractivity contribution in [2.75, 3.05) is 13.7 Å². The summed E-state index contributed by atoms with van der Waals surface area (Å²) in [4.78, 5) is 0. The molecule has 2 aromatic rings. The molecule has 4 heteroatoms. The van der Waals surface area contributed by atoms with Crippen LogP contribution in [0.15, 0.2) is 42.5 Å². The Morgan fingerprint density at radius 2 is 1.81 bits per heavy atom. The summed E-state index contributed by atoms with van der Waals surface area (Å²) in [5.41, 5.74) is 1.39. The third-order valence-corrected chi connectivity index (χ3v) is 3.38. The Kier molecular flexibility index (Phi) is 5.28. The minimum absolute atomic E-state index is 0.265. The van der Waals surface area contributed by atoms with E-state index in [0.29, 0.717) is 18.5 Å². The minimum Gasteiger partial charge on any atom is -0.497 e. The van der Waals surface area contributed by atoms with Gasteiger partial charge in [0.25, 0.3) is 0 Å². The molecule has 112 valence electrons. The van der Waals surface area contributed by atoms with Crippen LogP contribution in [0.3, 0.4) is 0 Å². The highest BCUT2D eigenvalue weighted by molar-refractivity contribution is 5.30. The second-order valence-electron chi connectivity index (χ2n) is 4.83. The number of methoxy groups -OCH3 is 1. The Hall–Kier alpha value is -1.94. The van der Waals surface area contributed by atoms with E-state index in [1.807, 2.05) is 31.2 Å². The van der Waals surface area contributed by atoms with Crippen molar-refractivity contribution in [2.45, 2.75) is 19.4 Å². The topological polar surface area (TPSA) is 21.3 Å². The summed E-state index contributed by atoms with van der Waals surface area (Å²) in [6.07, 6.45) is 0.582.